The quantitative estimate of drug-likeness (QED) is 0.460. The Morgan fingerprint density at radius 2 is 1.70 bits per heavy atom. The minimum Gasteiger partial charge on any atom is -0.374 e. The van der Waals surface area contributed by atoms with E-state index in [9.17, 15) is 26.4 Å². The van der Waals surface area contributed by atoms with Crippen LogP contribution in [0.4, 0.5) is 30.4 Å². The minimum absolute atomic E-state index is 0. The maximum Gasteiger partial charge on any atom is 0.416 e. The van der Waals surface area contributed by atoms with E-state index in [4.69, 9.17) is 0 Å². The normalized spacial score (nSPS) is 15.2. The Hall–Kier alpha value is -3.80. The molecule has 1 fully saturated rings. The molecular formula is C25H30F3N5O3S. The molecule has 12 heteroatoms. The molecule has 1 aliphatic heterocycles. The number of rotatable bonds is 7. The molecule has 0 radical (unpaired) electrons. The van der Waals surface area contributed by atoms with Crippen LogP contribution in [0.25, 0.3) is 0 Å². The van der Waals surface area contributed by atoms with Gasteiger partial charge in [0.05, 0.1) is 10.5 Å². The average Bonchev–Trinajstić information content (AvgIpc) is 2.88. The molecule has 1 aliphatic rings. The van der Waals surface area contributed by atoms with Gasteiger partial charge in [0.1, 0.15) is 11.9 Å². The number of amides is 1. The highest BCUT2D eigenvalue weighted by atomic mass is 32.2. The first-order chi connectivity index (χ1) is 17.5. The average molecular weight is 538 g/mol. The van der Waals surface area contributed by atoms with Crippen molar-refractivity contribution in [3.63, 3.8) is 0 Å². The predicted molar refractivity (Wildman–Crippen MR) is 139 cm³/mol. The molecule has 0 spiro atoms. The summed E-state index contributed by atoms with van der Waals surface area (Å²) >= 11 is 0. The summed E-state index contributed by atoms with van der Waals surface area (Å²) in [5.74, 6) is 0.0169. The second-order valence-corrected chi connectivity index (χ2v) is 10.3. The van der Waals surface area contributed by atoms with Gasteiger partial charge in [0.15, 0.2) is 0 Å². The molecule has 37 heavy (non-hydrogen) atoms. The lowest BCUT2D eigenvalue weighted by atomic mass is 10.1. The zero-order valence-electron chi connectivity index (χ0n) is 19.9. The van der Waals surface area contributed by atoms with Crippen molar-refractivity contribution in [1.82, 2.24) is 9.88 Å². The fraction of sp³-hybridized carbons (Fsp3) is 0.280. The van der Waals surface area contributed by atoms with Crippen molar-refractivity contribution < 1.29 is 29.2 Å². The summed E-state index contributed by atoms with van der Waals surface area (Å²) in [6.07, 6.45) is -2.97. The summed E-state index contributed by atoms with van der Waals surface area (Å²) in [6.45, 7) is 3.52. The van der Waals surface area contributed by atoms with Crippen LogP contribution in [0.3, 0.4) is 0 Å². The van der Waals surface area contributed by atoms with Gasteiger partial charge in [-0.3, -0.25) is 9.52 Å². The van der Waals surface area contributed by atoms with Gasteiger partial charge in [-0.2, -0.15) is 13.2 Å². The number of nitrogens with zero attached hydrogens (tertiary/aromatic N) is 3. The van der Waals surface area contributed by atoms with Gasteiger partial charge in [0.2, 0.25) is 5.91 Å². The number of anilines is 3. The number of aromatic nitrogens is 1. The van der Waals surface area contributed by atoms with Gasteiger partial charge >= 0.3 is 6.18 Å². The summed E-state index contributed by atoms with van der Waals surface area (Å²) < 4.78 is 66.5. The van der Waals surface area contributed by atoms with Crippen molar-refractivity contribution in [1.29, 1.82) is 0 Å². The van der Waals surface area contributed by atoms with Gasteiger partial charge < -0.3 is 15.1 Å². The van der Waals surface area contributed by atoms with Gasteiger partial charge in [-0.1, -0.05) is 12.1 Å². The van der Waals surface area contributed by atoms with Gasteiger partial charge in [0, 0.05) is 46.6 Å². The fourth-order valence-corrected chi connectivity index (χ4v) is 5.02. The van der Waals surface area contributed by atoms with E-state index < -0.39 is 27.8 Å². The third-order valence-electron chi connectivity index (χ3n) is 5.95. The lowest BCUT2D eigenvalue weighted by Crippen LogP contribution is -2.52. The Kier molecular flexibility index (Phi) is 7.58. The molecule has 4 rings (SSSR count). The van der Waals surface area contributed by atoms with Gasteiger partial charge in [-0.25, -0.2) is 13.4 Å². The highest BCUT2D eigenvalue weighted by Crippen LogP contribution is 2.31. The first-order valence-electron chi connectivity index (χ1n) is 11.5. The molecule has 2 heterocycles. The first-order valence-corrected chi connectivity index (χ1v) is 13.0. The van der Waals surface area contributed by atoms with E-state index >= 15 is 0 Å². The second kappa shape index (κ2) is 10.7. The monoisotopic (exact) mass is 537 g/mol. The Bertz CT molecular complexity index is 1340. The lowest BCUT2D eigenvalue weighted by Gasteiger charge is -2.37. The second-order valence-electron chi connectivity index (χ2n) is 8.57. The summed E-state index contributed by atoms with van der Waals surface area (Å²) in [7, 11) is -3.78. The number of nitrogens with one attached hydrogen (secondary N) is 2. The molecule has 1 aromatic heterocycles. The van der Waals surface area contributed by atoms with E-state index in [1.165, 1.54) is 30.5 Å². The Morgan fingerprint density at radius 3 is 2.32 bits per heavy atom. The minimum atomic E-state index is -4.46. The maximum atomic E-state index is 13.0. The molecule has 200 valence electrons. The maximum absolute atomic E-state index is 13.0. The number of sulfonamides is 1. The number of carbonyl (C=O) groups excluding carboxylic acids is 1. The summed E-state index contributed by atoms with van der Waals surface area (Å²) in [4.78, 5) is 20.7. The Balaban J connectivity index is 0.00000267. The zero-order valence-corrected chi connectivity index (χ0v) is 20.8. The van der Waals surface area contributed by atoms with Crippen LogP contribution in [0.1, 0.15) is 15.3 Å². The van der Waals surface area contributed by atoms with E-state index in [1.54, 1.807) is 42.2 Å². The van der Waals surface area contributed by atoms with Gasteiger partial charge in [0.25, 0.3) is 10.0 Å². The molecule has 3 aromatic rings. The molecular weight excluding hydrogens is 507 g/mol. The number of pyridine rings is 1. The first kappa shape index (κ1) is 26.3. The number of halogens is 3. The molecule has 2 N–H and O–H groups in total. The van der Waals surface area contributed by atoms with Crippen molar-refractivity contribution in [3.05, 3.63) is 78.5 Å². The molecule has 0 aliphatic carbocycles. The number of benzene rings is 2. The standard InChI is InChI=1S/C25H26F3N5O3S.2H2/c1-18(30-20-6-4-5-19(17-20)25(26,27)28)24(34)33-15-13-32(14-16-33)21-8-10-22(11-9-21)37(35,36)31-23-7-2-3-12-29-23;;/h2-12,17-18,30H,13-16H2,1H3,(H,29,31);2*1H. The van der Waals surface area contributed by atoms with E-state index in [0.717, 1.165) is 17.8 Å². The van der Waals surface area contributed by atoms with Crippen molar-refractivity contribution in [3.8, 4) is 0 Å². The van der Waals surface area contributed by atoms with Crippen LogP contribution in [-0.2, 0) is 21.0 Å². The number of hydrogen-bond acceptors (Lipinski definition) is 6. The molecule has 1 amide bonds. The van der Waals surface area contributed by atoms with Crippen LogP contribution < -0.4 is 14.9 Å². The van der Waals surface area contributed by atoms with Gasteiger partial charge in [-0.15, -0.1) is 0 Å². The molecule has 1 atom stereocenters. The third kappa shape index (κ3) is 6.50. The Morgan fingerprint density at radius 1 is 1.00 bits per heavy atom. The van der Waals surface area contributed by atoms with Crippen LogP contribution >= 0.6 is 0 Å². The van der Waals surface area contributed by atoms with Crippen molar-refractivity contribution in [2.75, 3.05) is 41.1 Å². The number of piperazine rings is 1. The summed E-state index contributed by atoms with van der Waals surface area (Å²) in [5.41, 5.74) is 0.262. The predicted octanol–water partition coefficient (Wildman–Crippen LogP) is 4.54. The van der Waals surface area contributed by atoms with Crippen molar-refractivity contribution in [2.45, 2.75) is 24.0 Å². The largest absolute Gasteiger partial charge is 0.416 e. The highest BCUT2D eigenvalue weighted by molar-refractivity contribution is 7.92. The summed E-state index contributed by atoms with van der Waals surface area (Å²) in [6, 6.07) is 15.4. The summed E-state index contributed by atoms with van der Waals surface area (Å²) in [5, 5.41) is 2.86. The van der Waals surface area contributed by atoms with E-state index in [-0.39, 0.29) is 25.2 Å². The Labute approximate surface area is 216 Å². The fourth-order valence-electron chi connectivity index (χ4n) is 4.01. The van der Waals surface area contributed by atoms with Crippen LogP contribution in [0.15, 0.2) is 77.8 Å². The number of carbonyl (C=O) groups is 1. The van der Waals surface area contributed by atoms with E-state index in [2.05, 4.69) is 15.0 Å². The molecule has 0 bridgehead atoms. The van der Waals surface area contributed by atoms with E-state index in [1.807, 2.05) is 4.90 Å². The number of alkyl halides is 3. The molecule has 1 saturated heterocycles. The third-order valence-corrected chi connectivity index (χ3v) is 7.32. The topological polar surface area (TPSA) is 94.6 Å². The molecule has 0 saturated carbocycles. The van der Waals surface area contributed by atoms with Crippen molar-refractivity contribution >= 4 is 33.1 Å². The zero-order chi connectivity index (χ0) is 26.6. The smallest absolute Gasteiger partial charge is 0.374 e. The van der Waals surface area contributed by atoms with Crippen LogP contribution in [0, 0.1) is 0 Å². The van der Waals surface area contributed by atoms with Crippen LogP contribution in [0.5, 0.6) is 0 Å². The highest BCUT2D eigenvalue weighted by Gasteiger charge is 2.31. The van der Waals surface area contributed by atoms with Crippen molar-refractivity contribution in [2.24, 2.45) is 0 Å². The van der Waals surface area contributed by atoms with Crippen LogP contribution in [-0.4, -0.2) is 56.4 Å². The van der Waals surface area contributed by atoms with Crippen LogP contribution in [0.2, 0.25) is 0 Å². The van der Waals surface area contributed by atoms with Gasteiger partial charge in [-0.05, 0) is 61.5 Å². The van der Waals surface area contributed by atoms with E-state index in [0.29, 0.717) is 26.2 Å². The SMILES string of the molecule is CC(Nc1cccc(C(F)(F)F)c1)C(=O)N1CCN(c2ccc(S(=O)(=O)Nc3ccccn3)cc2)CC1.[HH].[HH]. The molecule has 1 unspecified atom stereocenters. The molecule has 2 aromatic carbocycles. The molecule has 8 nitrogen and oxygen atoms in total. The number of hydrogen-bond donors (Lipinski definition) is 2. The lowest BCUT2D eigenvalue weighted by molar-refractivity contribution is -0.137.